The molecule has 3 N–H and O–H groups in total. The van der Waals surface area contributed by atoms with Crippen LogP contribution in [0.25, 0.3) is 33.2 Å². The topological polar surface area (TPSA) is 118 Å². The van der Waals surface area contributed by atoms with Crippen LogP contribution in [0.3, 0.4) is 0 Å². The van der Waals surface area contributed by atoms with E-state index in [4.69, 9.17) is 26.2 Å². The fraction of sp³-hybridized carbons (Fsp3) is 0.400. The first-order valence-corrected chi connectivity index (χ1v) is 20.1. The Morgan fingerprint density at radius 3 is 2.42 bits per heavy atom. The number of ether oxygens (including phenoxy) is 2. The molecule has 5 aromatic rings. The summed E-state index contributed by atoms with van der Waals surface area (Å²) in [6, 6.07) is 21.5. The molecule has 10 nitrogen and oxygen atoms in total. The number of aliphatic carboxylic acids is 1. The van der Waals surface area contributed by atoms with E-state index >= 15 is 4.39 Å². The minimum Gasteiger partial charge on any atom is -0.496 e. The first-order chi connectivity index (χ1) is 27.5. The molecule has 1 aliphatic heterocycles. The molecule has 4 aromatic carbocycles. The van der Waals surface area contributed by atoms with Crippen LogP contribution in [0.2, 0.25) is 5.02 Å². The van der Waals surface area contributed by atoms with Crippen LogP contribution in [-0.2, 0) is 29.2 Å². The molecule has 9 rings (SSSR count). The second kappa shape index (κ2) is 15.8. The predicted molar refractivity (Wildman–Crippen MR) is 219 cm³/mol. The van der Waals surface area contributed by atoms with E-state index < -0.39 is 17.2 Å². The Kier molecular flexibility index (Phi) is 10.7. The maximum Gasteiger partial charge on any atom is 0.309 e. The van der Waals surface area contributed by atoms with Crippen molar-refractivity contribution >= 4 is 34.4 Å². The summed E-state index contributed by atoms with van der Waals surface area (Å²) >= 11 is 7.16. The van der Waals surface area contributed by atoms with Gasteiger partial charge in [0.2, 0.25) is 5.91 Å². The third-order valence-electron chi connectivity index (χ3n) is 13.0. The number of hydrogen-bond acceptors (Lipinski definition) is 7. The van der Waals surface area contributed by atoms with Crippen molar-refractivity contribution < 1.29 is 28.6 Å². The second-order valence-corrected chi connectivity index (χ2v) is 16.5. The highest BCUT2D eigenvalue weighted by Crippen LogP contribution is 2.55. The largest absolute Gasteiger partial charge is 0.496 e. The lowest BCUT2D eigenvalue weighted by Gasteiger charge is -2.55. The third-order valence-corrected chi connectivity index (χ3v) is 13.4. The maximum absolute atomic E-state index is 15.7. The Balaban J connectivity index is 0.999. The van der Waals surface area contributed by atoms with Crippen LogP contribution in [-0.4, -0.2) is 71.1 Å². The number of carbonyl (C=O) groups is 2. The second-order valence-electron chi connectivity index (χ2n) is 16.1. The minimum absolute atomic E-state index is 0.0254. The molecule has 12 heteroatoms. The molecule has 1 saturated heterocycles. The van der Waals surface area contributed by atoms with E-state index in [0.717, 1.165) is 90.4 Å². The Morgan fingerprint density at radius 1 is 1.00 bits per heavy atom. The van der Waals surface area contributed by atoms with E-state index in [1.807, 2.05) is 53.3 Å². The fourth-order valence-corrected chi connectivity index (χ4v) is 9.76. The third kappa shape index (κ3) is 7.37. The summed E-state index contributed by atoms with van der Waals surface area (Å²) in [5.74, 6) is 0.245. The Bertz CT molecular complexity index is 2320. The molecule has 2 heterocycles. The standard InChI is InChI=1S/C45H49ClFN5O5/c1-51(45-17-14-44(15-18-45,16-19-45)43(54)55)27-29-11-10-28(20-39(29)56-2)26-52-38-9-5-7-33(35(38)25-49-52)34-8-4-6-32(42(34)46)30-21-37(47)36(40(22-30)57-3)24-48-23-31-12-13-41(53)50-31/h4-11,20-22,25,31,48H,12-19,23-24,26-27H2,1-3H3,(H,50,53)(H,54,55). The maximum atomic E-state index is 15.7. The number of rotatable bonds is 14. The molecule has 4 aliphatic rings. The van der Waals surface area contributed by atoms with Gasteiger partial charge in [-0.05, 0) is 92.9 Å². The predicted octanol–water partition coefficient (Wildman–Crippen LogP) is 8.21. The molecule has 0 radical (unpaired) electrons. The number of aromatic nitrogens is 2. The lowest BCUT2D eigenvalue weighted by atomic mass is 9.57. The van der Waals surface area contributed by atoms with Gasteiger partial charge in [-0.15, -0.1) is 0 Å². The minimum atomic E-state index is -0.634. The number of fused-ring (bicyclic) bond motifs is 4. The monoisotopic (exact) mass is 793 g/mol. The zero-order valence-corrected chi connectivity index (χ0v) is 33.4. The molecule has 3 saturated carbocycles. The Morgan fingerprint density at radius 2 is 1.72 bits per heavy atom. The van der Waals surface area contributed by atoms with E-state index in [2.05, 4.69) is 40.8 Å². The van der Waals surface area contributed by atoms with Gasteiger partial charge in [-0.1, -0.05) is 54.1 Å². The van der Waals surface area contributed by atoms with Crippen molar-refractivity contribution in [1.29, 1.82) is 0 Å². The summed E-state index contributed by atoms with van der Waals surface area (Å²) in [6.07, 6.45) is 8.09. The van der Waals surface area contributed by atoms with Gasteiger partial charge >= 0.3 is 5.97 Å². The van der Waals surface area contributed by atoms with Crippen molar-refractivity contribution in [3.63, 3.8) is 0 Å². The van der Waals surface area contributed by atoms with Gasteiger partial charge < -0.3 is 25.2 Å². The summed E-state index contributed by atoms with van der Waals surface area (Å²) in [7, 11) is 5.39. The first kappa shape index (κ1) is 38.9. The van der Waals surface area contributed by atoms with Crippen molar-refractivity contribution in [2.24, 2.45) is 5.41 Å². The van der Waals surface area contributed by atoms with Crippen molar-refractivity contribution in [2.45, 2.75) is 82.6 Å². The van der Waals surface area contributed by atoms with Crippen molar-refractivity contribution in [3.8, 4) is 33.8 Å². The fourth-order valence-electron chi connectivity index (χ4n) is 9.42. The van der Waals surface area contributed by atoms with Gasteiger partial charge in [0.05, 0.1) is 42.9 Å². The smallest absolute Gasteiger partial charge is 0.309 e. The van der Waals surface area contributed by atoms with E-state index in [0.29, 0.717) is 47.0 Å². The zero-order chi connectivity index (χ0) is 39.9. The van der Waals surface area contributed by atoms with E-state index in [-0.39, 0.29) is 24.0 Å². The van der Waals surface area contributed by atoms with Crippen LogP contribution < -0.4 is 20.1 Å². The number of benzene rings is 4. The number of carboxylic acid groups (broad SMARTS) is 1. The van der Waals surface area contributed by atoms with Crippen LogP contribution in [0.4, 0.5) is 4.39 Å². The SMILES string of the molecule is COc1cc(Cn2ncc3c(-c4cccc(-c5cc(F)c(CNCC6CCC(=O)N6)c(OC)c5)c4Cl)cccc32)ccc1CN(C)C12CCC(C(=O)O)(CC1)CC2. The van der Waals surface area contributed by atoms with Gasteiger partial charge in [0.25, 0.3) is 0 Å². The quantitative estimate of drug-likeness (QED) is 0.103. The molecule has 1 aromatic heterocycles. The van der Waals surface area contributed by atoms with Crippen LogP contribution >= 0.6 is 11.6 Å². The Hall–Kier alpha value is -4.97. The average molecular weight is 794 g/mol. The van der Waals surface area contributed by atoms with Crippen molar-refractivity contribution in [1.82, 2.24) is 25.3 Å². The molecule has 1 unspecified atom stereocenters. The normalized spacial score (nSPS) is 21.6. The molecular weight excluding hydrogens is 745 g/mol. The summed E-state index contributed by atoms with van der Waals surface area (Å²) < 4.78 is 29.2. The van der Waals surface area contributed by atoms with Gasteiger partial charge in [0, 0.05) is 65.3 Å². The number of nitrogens with zero attached hydrogens (tertiary/aromatic N) is 3. The van der Waals surface area contributed by atoms with Gasteiger partial charge in [-0.25, -0.2) is 4.39 Å². The number of carbonyl (C=O) groups excluding carboxylic acids is 1. The highest BCUT2D eigenvalue weighted by molar-refractivity contribution is 6.36. The summed E-state index contributed by atoms with van der Waals surface area (Å²) in [5.41, 5.74) is 6.01. The molecule has 1 atom stereocenters. The lowest BCUT2D eigenvalue weighted by Crippen LogP contribution is -2.56. The highest BCUT2D eigenvalue weighted by atomic mass is 35.5. The van der Waals surface area contributed by atoms with Gasteiger partial charge in [-0.3, -0.25) is 19.2 Å². The molecule has 3 aliphatic carbocycles. The van der Waals surface area contributed by atoms with Gasteiger partial charge in [0.15, 0.2) is 0 Å². The van der Waals surface area contributed by atoms with Crippen LogP contribution in [0, 0.1) is 11.2 Å². The first-order valence-electron chi connectivity index (χ1n) is 19.7. The van der Waals surface area contributed by atoms with Crippen LogP contribution in [0.1, 0.15) is 68.1 Å². The zero-order valence-electron chi connectivity index (χ0n) is 32.7. The van der Waals surface area contributed by atoms with Crippen molar-refractivity contribution in [2.75, 3.05) is 27.8 Å². The van der Waals surface area contributed by atoms with E-state index in [1.54, 1.807) is 7.11 Å². The summed E-state index contributed by atoms with van der Waals surface area (Å²) in [4.78, 5) is 26.0. The van der Waals surface area contributed by atoms with E-state index in [9.17, 15) is 14.7 Å². The highest BCUT2D eigenvalue weighted by Gasteiger charge is 2.54. The summed E-state index contributed by atoms with van der Waals surface area (Å²) in [5, 5.41) is 22.3. The van der Waals surface area contributed by atoms with E-state index in [1.165, 1.54) is 13.2 Å². The van der Waals surface area contributed by atoms with Crippen LogP contribution in [0.15, 0.2) is 72.9 Å². The van der Waals surface area contributed by atoms with Gasteiger partial charge in [-0.2, -0.15) is 5.10 Å². The number of nitrogens with one attached hydrogen (secondary N) is 2. The number of amides is 1. The lowest BCUT2D eigenvalue weighted by molar-refractivity contribution is -0.160. The average Bonchev–Trinajstić information content (AvgIpc) is 3.84. The van der Waals surface area contributed by atoms with Gasteiger partial charge in [0.1, 0.15) is 17.3 Å². The summed E-state index contributed by atoms with van der Waals surface area (Å²) in [6.45, 7) is 2.06. The molecule has 1 amide bonds. The van der Waals surface area contributed by atoms with Crippen molar-refractivity contribution in [3.05, 3.63) is 100 Å². The molecular formula is C45H49ClFN5O5. The molecule has 4 fully saturated rings. The number of hydrogen-bond donors (Lipinski definition) is 3. The molecule has 2 bridgehead atoms. The molecule has 57 heavy (non-hydrogen) atoms. The number of halogens is 2. The molecule has 298 valence electrons. The number of methoxy groups -OCH3 is 2. The Labute approximate surface area is 337 Å². The number of carboxylic acids is 1. The molecule has 0 spiro atoms. The van der Waals surface area contributed by atoms with Crippen LogP contribution in [0.5, 0.6) is 11.5 Å².